The topological polar surface area (TPSA) is 68.5 Å². The minimum atomic E-state index is 0.611. The van der Waals surface area contributed by atoms with E-state index in [9.17, 15) is 0 Å². The fourth-order valence-corrected chi connectivity index (χ4v) is 1.76. The summed E-state index contributed by atoms with van der Waals surface area (Å²) in [5, 5.41) is 7.47. The first-order valence-corrected chi connectivity index (χ1v) is 5.86. The molecule has 0 atom stereocenters. The van der Waals surface area contributed by atoms with E-state index in [-0.39, 0.29) is 0 Å². The minimum absolute atomic E-state index is 0.611. The third kappa shape index (κ3) is 2.57. The van der Waals surface area contributed by atoms with E-state index in [4.69, 9.17) is 0 Å². The van der Waals surface area contributed by atoms with E-state index in [1.165, 1.54) is 6.33 Å². The molecule has 0 aliphatic rings. The van der Waals surface area contributed by atoms with Gasteiger partial charge in [0.1, 0.15) is 12.7 Å². The Labute approximate surface area is 110 Å². The smallest absolute Gasteiger partial charge is 0.138 e. The van der Waals surface area contributed by atoms with E-state index >= 15 is 0 Å². The molecule has 0 saturated carbocycles. The molecule has 0 saturated heterocycles. The molecule has 6 heteroatoms. The molecular weight excluding hydrogens is 240 g/mol. The number of benzene rings is 1. The summed E-state index contributed by atoms with van der Waals surface area (Å²) in [6, 6.07) is 7.91. The van der Waals surface area contributed by atoms with Gasteiger partial charge in [-0.1, -0.05) is 12.1 Å². The fourth-order valence-electron chi connectivity index (χ4n) is 1.76. The fraction of sp³-hybridized carbons (Fsp3) is 0.0769. The molecule has 94 valence electrons. The SMILES string of the molecule is c1ccc(-n2cncn2)c(NCc2cnccn2)c1. The van der Waals surface area contributed by atoms with Gasteiger partial charge < -0.3 is 5.32 Å². The van der Waals surface area contributed by atoms with Crippen molar-refractivity contribution in [1.82, 2.24) is 24.7 Å². The minimum Gasteiger partial charge on any atom is -0.378 e. The number of nitrogens with zero attached hydrogens (tertiary/aromatic N) is 5. The Balaban J connectivity index is 1.82. The Kier molecular flexibility index (Phi) is 3.14. The highest BCUT2D eigenvalue weighted by Crippen LogP contribution is 2.18. The molecule has 0 bridgehead atoms. The number of rotatable bonds is 4. The van der Waals surface area contributed by atoms with Crippen LogP contribution < -0.4 is 5.32 Å². The van der Waals surface area contributed by atoms with Crippen LogP contribution in [0.4, 0.5) is 5.69 Å². The second-order valence-electron chi connectivity index (χ2n) is 3.91. The van der Waals surface area contributed by atoms with Crippen LogP contribution in [0.25, 0.3) is 5.69 Å². The van der Waals surface area contributed by atoms with Gasteiger partial charge in [0.15, 0.2) is 0 Å². The zero-order valence-corrected chi connectivity index (χ0v) is 10.1. The third-order valence-electron chi connectivity index (χ3n) is 2.65. The molecule has 2 heterocycles. The Morgan fingerprint density at radius 3 is 2.84 bits per heavy atom. The molecule has 19 heavy (non-hydrogen) atoms. The van der Waals surface area contributed by atoms with Gasteiger partial charge >= 0.3 is 0 Å². The van der Waals surface area contributed by atoms with Crippen molar-refractivity contribution in [2.24, 2.45) is 0 Å². The van der Waals surface area contributed by atoms with Gasteiger partial charge in [-0.15, -0.1) is 0 Å². The molecule has 0 aliphatic heterocycles. The second kappa shape index (κ2) is 5.26. The van der Waals surface area contributed by atoms with Crippen LogP contribution in [0.1, 0.15) is 5.69 Å². The van der Waals surface area contributed by atoms with E-state index < -0.39 is 0 Å². The van der Waals surface area contributed by atoms with Crippen molar-refractivity contribution in [1.29, 1.82) is 0 Å². The van der Waals surface area contributed by atoms with Gasteiger partial charge in [-0.25, -0.2) is 9.67 Å². The molecule has 0 radical (unpaired) electrons. The summed E-state index contributed by atoms with van der Waals surface area (Å²) < 4.78 is 1.72. The Morgan fingerprint density at radius 2 is 2.05 bits per heavy atom. The van der Waals surface area contributed by atoms with Crippen LogP contribution in [0.3, 0.4) is 0 Å². The summed E-state index contributed by atoms with van der Waals surface area (Å²) in [7, 11) is 0. The van der Waals surface area contributed by atoms with E-state index in [1.54, 1.807) is 29.6 Å². The summed E-state index contributed by atoms with van der Waals surface area (Å²) in [4.78, 5) is 12.2. The lowest BCUT2D eigenvalue weighted by Crippen LogP contribution is -2.06. The van der Waals surface area contributed by atoms with Crippen LogP contribution in [0, 0.1) is 0 Å². The molecule has 1 aromatic carbocycles. The van der Waals surface area contributed by atoms with Gasteiger partial charge in [-0.2, -0.15) is 5.10 Å². The van der Waals surface area contributed by atoms with E-state index in [0.717, 1.165) is 17.1 Å². The van der Waals surface area contributed by atoms with Crippen LogP contribution in [0.2, 0.25) is 0 Å². The highest BCUT2D eigenvalue weighted by atomic mass is 15.3. The molecule has 6 nitrogen and oxygen atoms in total. The van der Waals surface area contributed by atoms with Gasteiger partial charge in [-0.3, -0.25) is 9.97 Å². The summed E-state index contributed by atoms with van der Waals surface area (Å²) >= 11 is 0. The highest BCUT2D eigenvalue weighted by Gasteiger charge is 2.04. The van der Waals surface area contributed by atoms with Crippen LogP contribution >= 0.6 is 0 Å². The first-order valence-electron chi connectivity index (χ1n) is 5.86. The number of hydrogen-bond acceptors (Lipinski definition) is 5. The van der Waals surface area contributed by atoms with E-state index in [0.29, 0.717) is 6.54 Å². The van der Waals surface area contributed by atoms with Crippen LogP contribution in [0.15, 0.2) is 55.5 Å². The molecule has 0 unspecified atom stereocenters. The number of aromatic nitrogens is 5. The number of hydrogen-bond donors (Lipinski definition) is 1. The first kappa shape index (κ1) is 11.3. The Hall–Kier alpha value is -2.76. The quantitative estimate of drug-likeness (QED) is 0.765. The lowest BCUT2D eigenvalue weighted by atomic mass is 10.2. The Morgan fingerprint density at radius 1 is 1.11 bits per heavy atom. The van der Waals surface area contributed by atoms with Gasteiger partial charge in [-0.05, 0) is 12.1 Å². The van der Waals surface area contributed by atoms with Crippen molar-refractivity contribution >= 4 is 5.69 Å². The molecule has 3 rings (SSSR count). The van der Waals surface area contributed by atoms with Crippen LogP contribution in [-0.4, -0.2) is 24.7 Å². The molecule has 0 amide bonds. The van der Waals surface area contributed by atoms with E-state index in [2.05, 4.69) is 25.4 Å². The molecule has 0 spiro atoms. The van der Waals surface area contributed by atoms with Gasteiger partial charge in [0, 0.05) is 12.4 Å². The molecular formula is C13H12N6. The first-order chi connectivity index (χ1) is 9.43. The molecule has 1 N–H and O–H groups in total. The standard InChI is InChI=1S/C13H12N6/c1-2-4-13(19-10-15-9-18-19)12(3-1)17-8-11-7-14-5-6-16-11/h1-7,9-10,17H,8H2. The second-order valence-corrected chi connectivity index (χ2v) is 3.91. The largest absolute Gasteiger partial charge is 0.378 e. The summed E-state index contributed by atoms with van der Waals surface area (Å²) in [5.41, 5.74) is 2.80. The average molecular weight is 252 g/mol. The highest BCUT2D eigenvalue weighted by molar-refractivity contribution is 5.60. The van der Waals surface area contributed by atoms with Crippen LogP contribution in [-0.2, 0) is 6.54 Å². The van der Waals surface area contributed by atoms with Crippen molar-refractivity contribution < 1.29 is 0 Å². The van der Waals surface area contributed by atoms with Crippen molar-refractivity contribution in [3.05, 3.63) is 61.2 Å². The predicted octanol–water partition coefficient (Wildman–Crippen LogP) is 1.67. The Bertz CT molecular complexity index is 635. The maximum Gasteiger partial charge on any atom is 0.138 e. The summed E-state index contributed by atoms with van der Waals surface area (Å²) in [5.74, 6) is 0. The van der Waals surface area contributed by atoms with Gasteiger partial charge in [0.25, 0.3) is 0 Å². The molecule has 0 aliphatic carbocycles. The van der Waals surface area contributed by atoms with Crippen molar-refractivity contribution in [2.75, 3.05) is 5.32 Å². The van der Waals surface area contributed by atoms with Gasteiger partial charge in [0.05, 0.1) is 29.8 Å². The van der Waals surface area contributed by atoms with Crippen molar-refractivity contribution in [2.45, 2.75) is 6.54 Å². The summed E-state index contributed by atoms with van der Waals surface area (Å²) in [6.45, 7) is 0.611. The average Bonchev–Trinajstić information content (AvgIpc) is 3.01. The van der Waals surface area contributed by atoms with Gasteiger partial charge in [0.2, 0.25) is 0 Å². The lowest BCUT2D eigenvalue weighted by Gasteiger charge is -2.10. The lowest BCUT2D eigenvalue weighted by molar-refractivity contribution is 0.876. The number of para-hydroxylation sites is 2. The molecule has 2 aromatic heterocycles. The van der Waals surface area contributed by atoms with Crippen LogP contribution in [0.5, 0.6) is 0 Å². The third-order valence-corrected chi connectivity index (χ3v) is 2.65. The molecule has 3 aromatic rings. The summed E-state index contributed by atoms with van der Waals surface area (Å²) in [6.07, 6.45) is 8.26. The number of anilines is 1. The molecule has 0 fully saturated rings. The van der Waals surface area contributed by atoms with E-state index in [1.807, 2.05) is 24.3 Å². The normalized spacial score (nSPS) is 10.3. The predicted molar refractivity (Wildman–Crippen MR) is 70.7 cm³/mol. The van der Waals surface area contributed by atoms with Crippen molar-refractivity contribution in [3.63, 3.8) is 0 Å². The number of nitrogens with one attached hydrogen (secondary N) is 1. The maximum atomic E-state index is 4.23. The maximum absolute atomic E-state index is 4.23. The zero-order chi connectivity index (χ0) is 12.9. The monoisotopic (exact) mass is 252 g/mol. The zero-order valence-electron chi connectivity index (χ0n) is 10.1. The van der Waals surface area contributed by atoms with Crippen molar-refractivity contribution in [3.8, 4) is 5.69 Å².